The second-order valence-electron chi connectivity index (χ2n) is 5.15. The number of hydrogen-bond acceptors (Lipinski definition) is 1. The summed E-state index contributed by atoms with van der Waals surface area (Å²) in [6.07, 6.45) is 4.65. The smallest absolute Gasteiger partial charge is 0.127 e. The number of aryl methyl sites for hydroxylation is 1. The second kappa shape index (κ2) is 10.1. The van der Waals surface area contributed by atoms with Gasteiger partial charge in [0.2, 0.25) is 0 Å². The fraction of sp³-hybridized carbons (Fsp3) is 0.273. The molecule has 0 unspecified atom stereocenters. The molecule has 1 nitrogen and oxygen atoms in total. The molecule has 2 aromatic rings. The van der Waals surface area contributed by atoms with Crippen molar-refractivity contribution in [2.24, 2.45) is 0 Å². The highest BCUT2D eigenvalue weighted by Gasteiger charge is 1.97. The van der Waals surface area contributed by atoms with E-state index in [-0.39, 0.29) is 0 Å². The van der Waals surface area contributed by atoms with E-state index in [1.807, 2.05) is 42.5 Å². The largest absolute Gasteiger partial charge is 0.457 e. The van der Waals surface area contributed by atoms with Crippen LogP contribution in [0.25, 0.3) is 0 Å². The molecular formula is C22H22O. The minimum Gasteiger partial charge on any atom is -0.457 e. The Kier molecular flexibility index (Phi) is 7.38. The molecule has 116 valence electrons. The lowest BCUT2D eigenvalue weighted by molar-refractivity contribution is 0.482. The summed E-state index contributed by atoms with van der Waals surface area (Å²) in [7, 11) is 0. The summed E-state index contributed by atoms with van der Waals surface area (Å²) in [4.78, 5) is 0. The van der Waals surface area contributed by atoms with Crippen LogP contribution in [0.3, 0.4) is 0 Å². The molecule has 1 heteroatoms. The lowest BCUT2D eigenvalue weighted by Crippen LogP contribution is -1.87. The van der Waals surface area contributed by atoms with Crippen LogP contribution >= 0.6 is 0 Å². The number of hydrogen-bond donors (Lipinski definition) is 0. The molecule has 0 radical (unpaired) electrons. The third-order valence-corrected chi connectivity index (χ3v) is 3.27. The van der Waals surface area contributed by atoms with Crippen molar-refractivity contribution in [2.45, 2.75) is 39.0 Å². The number of rotatable bonds is 5. The van der Waals surface area contributed by atoms with E-state index >= 15 is 0 Å². The van der Waals surface area contributed by atoms with Crippen LogP contribution in [0.5, 0.6) is 11.5 Å². The molecule has 0 heterocycles. The Bertz CT molecular complexity index is 691. The van der Waals surface area contributed by atoms with Crippen LogP contribution in [0.15, 0.2) is 54.6 Å². The van der Waals surface area contributed by atoms with Crippen molar-refractivity contribution in [1.29, 1.82) is 0 Å². The van der Waals surface area contributed by atoms with Crippen LogP contribution in [-0.2, 0) is 6.42 Å². The highest BCUT2D eigenvalue weighted by Crippen LogP contribution is 2.21. The van der Waals surface area contributed by atoms with Crippen molar-refractivity contribution >= 4 is 0 Å². The molecule has 0 amide bonds. The van der Waals surface area contributed by atoms with Crippen LogP contribution < -0.4 is 4.74 Å². The molecule has 0 saturated heterocycles. The van der Waals surface area contributed by atoms with Crippen LogP contribution in [-0.4, -0.2) is 0 Å². The van der Waals surface area contributed by atoms with Gasteiger partial charge in [0.1, 0.15) is 11.5 Å². The SMILES string of the molecule is CCC#CCC#CCCCc1ccc(Oc2ccccc2)cc1. The number of unbranched alkanes of at least 4 members (excludes halogenated alkanes) is 1. The fourth-order valence-electron chi connectivity index (χ4n) is 2.11. The maximum atomic E-state index is 5.79. The van der Waals surface area contributed by atoms with E-state index in [0.29, 0.717) is 6.42 Å². The van der Waals surface area contributed by atoms with Gasteiger partial charge in [-0.15, -0.1) is 11.8 Å². The highest BCUT2D eigenvalue weighted by molar-refractivity contribution is 5.33. The number of ether oxygens (including phenoxy) is 1. The lowest BCUT2D eigenvalue weighted by atomic mass is 10.1. The summed E-state index contributed by atoms with van der Waals surface area (Å²) in [5.74, 6) is 14.1. The predicted molar refractivity (Wildman–Crippen MR) is 96.4 cm³/mol. The Hall–Kier alpha value is -2.64. The summed E-state index contributed by atoms with van der Waals surface area (Å²) < 4.78 is 5.79. The molecule has 0 bridgehead atoms. The Morgan fingerprint density at radius 3 is 2.22 bits per heavy atom. The first kappa shape index (κ1) is 16.7. The molecule has 0 fully saturated rings. The fourth-order valence-corrected chi connectivity index (χ4v) is 2.11. The van der Waals surface area contributed by atoms with E-state index in [9.17, 15) is 0 Å². The van der Waals surface area contributed by atoms with Gasteiger partial charge in [-0.2, -0.15) is 0 Å². The molecule has 0 saturated carbocycles. The Balaban J connectivity index is 1.73. The minimum absolute atomic E-state index is 0.694. The first-order valence-electron chi connectivity index (χ1n) is 8.12. The predicted octanol–water partition coefficient (Wildman–Crippen LogP) is 5.61. The molecule has 0 aliphatic carbocycles. The van der Waals surface area contributed by atoms with Crippen molar-refractivity contribution < 1.29 is 4.74 Å². The standard InChI is InChI=1S/C22H22O/c1-2-3-4-5-6-7-8-10-13-20-16-18-22(19-17-20)23-21-14-11-9-12-15-21/h9,11-12,14-19H,2,5,8,10,13H2,1H3. The average molecular weight is 302 g/mol. The van der Waals surface area contributed by atoms with Gasteiger partial charge in [-0.25, -0.2) is 0 Å². The number of benzene rings is 2. The van der Waals surface area contributed by atoms with Crippen LogP contribution in [0.1, 0.15) is 38.2 Å². The highest BCUT2D eigenvalue weighted by atomic mass is 16.5. The molecule has 2 aromatic carbocycles. The minimum atomic E-state index is 0.694. The Labute approximate surface area is 139 Å². The van der Waals surface area contributed by atoms with Crippen LogP contribution in [0.4, 0.5) is 0 Å². The molecule has 2 rings (SSSR count). The molecule has 0 aliphatic heterocycles. The Morgan fingerprint density at radius 2 is 1.48 bits per heavy atom. The first-order chi connectivity index (χ1) is 11.4. The van der Waals surface area contributed by atoms with Gasteiger partial charge in [0.15, 0.2) is 0 Å². The van der Waals surface area contributed by atoms with E-state index in [4.69, 9.17) is 4.74 Å². The summed E-state index contributed by atoms with van der Waals surface area (Å²) in [6.45, 7) is 2.05. The van der Waals surface area contributed by atoms with E-state index in [0.717, 1.165) is 37.2 Å². The van der Waals surface area contributed by atoms with Gasteiger partial charge in [0.25, 0.3) is 0 Å². The molecule has 23 heavy (non-hydrogen) atoms. The van der Waals surface area contributed by atoms with Gasteiger partial charge in [-0.1, -0.05) is 49.1 Å². The van der Waals surface area contributed by atoms with E-state index in [2.05, 4.69) is 42.7 Å². The molecule has 0 atom stereocenters. The molecule has 0 aliphatic rings. The summed E-state index contributed by atoms with van der Waals surface area (Å²) in [5, 5.41) is 0. The Morgan fingerprint density at radius 1 is 0.783 bits per heavy atom. The van der Waals surface area contributed by atoms with Crippen molar-refractivity contribution in [3.05, 3.63) is 60.2 Å². The maximum absolute atomic E-state index is 5.79. The van der Waals surface area contributed by atoms with E-state index < -0.39 is 0 Å². The van der Waals surface area contributed by atoms with E-state index in [1.54, 1.807) is 0 Å². The molecule has 0 aromatic heterocycles. The van der Waals surface area contributed by atoms with Gasteiger partial charge < -0.3 is 4.74 Å². The summed E-state index contributed by atoms with van der Waals surface area (Å²) in [5.41, 5.74) is 1.32. The maximum Gasteiger partial charge on any atom is 0.127 e. The zero-order valence-electron chi connectivity index (χ0n) is 13.6. The monoisotopic (exact) mass is 302 g/mol. The van der Waals surface area contributed by atoms with E-state index in [1.165, 1.54) is 5.56 Å². The summed E-state index contributed by atoms with van der Waals surface area (Å²) in [6, 6.07) is 18.1. The van der Waals surface area contributed by atoms with Crippen molar-refractivity contribution in [1.82, 2.24) is 0 Å². The molecule has 0 N–H and O–H groups in total. The zero-order valence-corrected chi connectivity index (χ0v) is 13.6. The van der Waals surface area contributed by atoms with Crippen molar-refractivity contribution in [2.75, 3.05) is 0 Å². The normalized spacial score (nSPS) is 9.26. The quantitative estimate of drug-likeness (QED) is 0.515. The van der Waals surface area contributed by atoms with Crippen LogP contribution in [0, 0.1) is 23.7 Å². The van der Waals surface area contributed by atoms with Crippen molar-refractivity contribution in [3.8, 4) is 35.2 Å². The van der Waals surface area contributed by atoms with Crippen LogP contribution in [0.2, 0.25) is 0 Å². The molecule has 0 spiro atoms. The third-order valence-electron chi connectivity index (χ3n) is 3.27. The van der Waals surface area contributed by atoms with Gasteiger partial charge in [-0.3, -0.25) is 0 Å². The van der Waals surface area contributed by atoms with Gasteiger partial charge >= 0.3 is 0 Å². The molecular weight excluding hydrogens is 280 g/mol. The number of para-hydroxylation sites is 1. The first-order valence-corrected chi connectivity index (χ1v) is 8.12. The lowest BCUT2D eigenvalue weighted by Gasteiger charge is -2.06. The third kappa shape index (κ3) is 6.77. The summed E-state index contributed by atoms with van der Waals surface area (Å²) >= 11 is 0. The zero-order chi connectivity index (χ0) is 16.2. The topological polar surface area (TPSA) is 9.23 Å². The van der Waals surface area contributed by atoms with Crippen molar-refractivity contribution in [3.63, 3.8) is 0 Å². The van der Waals surface area contributed by atoms with Gasteiger partial charge in [-0.05, 0) is 42.7 Å². The second-order valence-corrected chi connectivity index (χ2v) is 5.15. The van der Waals surface area contributed by atoms with Gasteiger partial charge in [0.05, 0.1) is 6.42 Å². The van der Waals surface area contributed by atoms with Gasteiger partial charge in [0, 0.05) is 12.8 Å². The average Bonchev–Trinajstić information content (AvgIpc) is 2.60.